The van der Waals surface area contributed by atoms with Gasteiger partial charge >= 0.3 is 0 Å². The fourth-order valence-corrected chi connectivity index (χ4v) is 0.892. The maximum Gasteiger partial charge on any atom is 0.137 e. The first kappa shape index (κ1) is 9.66. The van der Waals surface area contributed by atoms with Crippen LogP contribution in [-0.2, 0) is 0 Å². The maximum absolute atomic E-state index is 9.72. The molecule has 0 aromatic rings. The van der Waals surface area contributed by atoms with Gasteiger partial charge in [-0.1, -0.05) is 13.0 Å². The minimum absolute atomic E-state index is 0.694. The summed E-state index contributed by atoms with van der Waals surface area (Å²) in [6, 6.07) is 0. The molecule has 0 aliphatic rings. The van der Waals surface area contributed by atoms with Crippen LogP contribution < -0.4 is 5.32 Å². The summed E-state index contributed by atoms with van der Waals surface area (Å²) in [6.07, 6.45) is 2.61. The van der Waals surface area contributed by atoms with E-state index in [0.29, 0.717) is 6.42 Å². The van der Waals surface area contributed by atoms with Crippen molar-refractivity contribution in [1.29, 1.82) is 0 Å². The molecular formula is C8H17NO. The molecule has 0 saturated carbocycles. The molecule has 2 heteroatoms. The fraction of sp³-hybridized carbons (Fsp3) is 0.750. The second-order valence-corrected chi connectivity index (χ2v) is 2.44. The Morgan fingerprint density at radius 1 is 1.70 bits per heavy atom. The molecule has 0 fully saturated rings. The lowest BCUT2D eigenvalue weighted by molar-refractivity contribution is 0.0463. The van der Waals surface area contributed by atoms with E-state index in [2.05, 4.69) is 5.32 Å². The summed E-state index contributed by atoms with van der Waals surface area (Å²) in [6.45, 7) is 5.79. The molecule has 0 aliphatic heterocycles. The first-order valence-corrected chi connectivity index (χ1v) is 3.65. The van der Waals surface area contributed by atoms with Gasteiger partial charge in [-0.05, 0) is 32.9 Å². The molecule has 0 spiro atoms. The highest BCUT2D eigenvalue weighted by Gasteiger charge is 2.22. The Hall–Kier alpha value is -0.340. The van der Waals surface area contributed by atoms with Crippen molar-refractivity contribution < 1.29 is 5.11 Å². The Morgan fingerprint density at radius 3 is 2.30 bits per heavy atom. The zero-order valence-corrected chi connectivity index (χ0v) is 7.23. The zero-order valence-electron chi connectivity index (χ0n) is 7.23. The van der Waals surface area contributed by atoms with E-state index in [1.54, 1.807) is 7.05 Å². The van der Waals surface area contributed by atoms with Gasteiger partial charge in [0, 0.05) is 0 Å². The minimum Gasteiger partial charge on any atom is -0.372 e. The van der Waals surface area contributed by atoms with Crippen molar-refractivity contribution in [1.82, 2.24) is 5.32 Å². The lowest BCUT2D eigenvalue weighted by Gasteiger charge is -2.26. The van der Waals surface area contributed by atoms with Gasteiger partial charge in [0.2, 0.25) is 0 Å². The standard InChI is InChI=1S/C8H17NO/c1-5-7(3)8(10,6-2)9-4/h5,9-10H,6H2,1-4H3/b7-5+. The van der Waals surface area contributed by atoms with Crippen LogP contribution in [0.2, 0.25) is 0 Å². The average molecular weight is 143 g/mol. The SMILES string of the molecule is C/C=C(\C)C(O)(CC)NC. The highest BCUT2D eigenvalue weighted by atomic mass is 16.3. The van der Waals surface area contributed by atoms with E-state index in [0.717, 1.165) is 5.57 Å². The van der Waals surface area contributed by atoms with Crippen LogP contribution in [-0.4, -0.2) is 17.9 Å². The van der Waals surface area contributed by atoms with Crippen LogP contribution >= 0.6 is 0 Å². The van der Waals surface area contributed by atoms with E-state index in [-0.39, 0.29) is 0 Å². The number of likely N-dealkylation sites (N-methyl/N-ethyl adjacent to an activating group) is 1. The van der Waals surface area contributed by atoms with Gasteiger partial charge in [0.1, 0.15) is 5.72 Å². The van der Waals surface area contributed by atoms with Crippen LogP contribution in [0.3, 0.4) is 0 Å². The molecule has 0 saturated heterocycles. The molecular weight excluding hydrogens is 126 g/mol. The first-order valence-electron chi connectivity index (χ1n) is 3.65. The quantitative estimate of drug-likeness (QED) is 0.460. The van der Waals surface area contributed by atoms with Gasteiger partial charge in [0.25, 0.3) is 0 Å². The number of allylic oxidation sites excluding steroid dienone is 1. The summed E-state index contributed by atoms with van der Waals surface area (Å²) in [7, 11) is 1.76. The summed E-state index contributed by atoms with van der Waals surface area (Å²) in [4.78, 5) is 0. The summed E-state index contributed by atoms with van der Waals surface area (Å²) in [5, 5.41) is 12.6. The third-order valence-corrected chi connectivity index (χ3v) is 2.01. The molecule has 0 radical (unpaired) electrons. The van der Waals surface area contributed by atoms with Crippen LogP contribution in [0.15, 0.2) is 11.6 Å². The largest absolute Gasteiger partial charge is 0.372 e. The monoisotopic (exact) mass is 143 g/mol. The summed E-state index contributed by atoms with van der Waals surface area (Å²) in [5.41, 5.74) is 0.173. The first-order chi connectivity index (χ1) is 4.60. The molecule has 10 heavy (non-hydrogen) atoms. The lowest BCUT2D eigenvalue weighted by atomic mass is 10.0. The van der Waals surface area contributed by atoms with Gasteiger partial charge in [-0.25, -0.2) is 0 Å². The fourth-order valence-electron chi connectivity index (χ4n) is 0.892. The van der Waals surface area contributed by atoms with Crippen LogP contribution in [0.5, 0.6) is 0 Å². The summed E-state index contributed by atoms with van der Waals surface area (Å²) >= 11 is 0. The molecule has 1 atom stereocenters. The van der Waals surface area contributed by atoms with Gasteiger partial charge in [-0.3, -0.25) is 5.32 Å². The molecule has 0 bridgehead atoms. The van der Waals surface area contributed by atoms with E-state index in [1.165, 1.54) is 0 Å². The van der Waals surface area contributed by atoms with Crippen molar-refractivity contribution >= 4 is 0 Å². The van der Waals surface area contributed by atoms with Crippen molar-refractivity contribution in [3.05, 3.63) is 11.6 Å². The third kappa shape index (κ3) is 1.82. The molecule has 0 aromatic carbocycles. The van der Waals surface area contributed by atoms with Gasteiger partial charge in [0.05, 0.1) is 0 Å². The number of hydrogen-bond donors (Lipinski definition) is 2. The zero-order chi connectivity index (χ0) is 8.20. The molecule has 0 rings (SSSR count). The van der Waals surface area contributed by atoms with Crippen molar-refractivity contribution in [3.8, 4) is 0 Å². The van der Waals surface area contributed by atoms with Gasteiger partial charge in [0.15, 0.2) is 0 Å². The predicted octanol–water partition coefficient (Wildman–Crippen LogP) is 1.27. The number of aliphatic hydroxyl groups is 1. The maximum atomic E-state index is 9.72. The topological polar surface area (TPSA) is 32.3 Å². The molecule has 0 aliphatic carbocycles. The predicted molar refractivity (Wildman–Crippen MR) is 43.7 cm³/mol. The van der Waals surface area contributed by atoms with Crippen molar-refractivity contribution in [2.45, 2.75) is 32.9 Å². The van der Waals surface area contributed by atoms with Crippen molar-refractivity contribution in [3.63, 3.8) is 0 Å². The van der Waals surface area contributed by atoms with E-state index in [1.807, 2.05) is 26.8 Å². The molecule has 0 heterocycles. The van der Waals surface area contributed by atoms with E-state index in [4.69, 9.17) is 0 Å². The Morgan fingerprint density at radius 2 is 2.20 bits per heavy atom. The molecule has 0 aromatic heterocycles. The molecule has 0 amide bonds. The summed E-state index contributed by atoms with van der Waals surface area (Å²) in [5.74, 6) is 0. The normalized spacial score (nSPS) is 18.7. The number of hydrogen-bond acceptors (Lipinski definition) is 2. The minimum atomic E-state index is -0.797. The highest BCUT2D eigenvalue weighted by Crippen LogP contribution is 2.15. The van der Waals surface area contributed by atoms with E-state index >= 15 is 0 Å². The van der Waals surface area contributed by atoms with Crippen LogP contribution in [0.4, 0.5) is 0 Å². The van der Waals surface area contributed by atoms with Crippen molar-refractivity contribution in [2.75, 3.05) is 7.05 Å². The van der Waals surface area contributed by atoms with Gasteiger partial charge in [-0.2, -0.15) is 0 Å². The smallest absolute Gasteiger partial charge is 0.137 e. The molecule has 60 valence electrons. The third-order valence-electron chi connectivity index (χ3n) is 2.01. The number of rotatable bonds is 3. The van der Waals surface area contributed by atoms with Crippen LogP contribution in [0, 0.1) is 0 Å². The van der Waals surface area contributed by atoms with E-state index in [9.17, 15) is 5.11 Å². The number of nitrogens with one attached hydrogen (secondary N) is 1. The molecule has 2 N–H and O–H groups in total. The Labute approximate surface area is 62.9 Å². The highest BCUT2D eigenvalue weighted by molar-refractivity contribution is 5.10. The van der Waals surface area contributed by atoms with Gasteiger partial charge in [-0.15, -0.1) is 0 Å². The Balaban J connectivity index is 4.32. The lowest BCUT2D eigenvalue weighted by Crippen LogP contribution is -2.43. The van der Waals surface area contributed by atoms with Gasteiger partial charge < -0.3 is 5.11 Å². The van der Waals surface area contributed by atoms with Crippen LogP contribution in [0.25, 0.3) is 0 Å². The second-order valence-electron chi connectivity index (χ2n) is 2.44. The molecule has 2 nitrogen and oxygen atoms in total. The average Bonchev–Trinajstić information content (AvgIpc) is 2.01. The summed E-state index contributed by atoms with van der Waals surface area (Å²) < 4.78 is 0. The second kappa shape index (κ2) is 3.74. The Kier molecular flexibility index (Phi) is 3.61. The van der Waals surface area contributed by atoms with Crippen LogP contribution in [0.1, 0.15) is 27.2 Å². The molecule has 1 unspecified atom stereocenters. The van der Waals surface area contributed by atoms with Crippen molar-refractivity contribution in [2.24, 2.45) is 0 Å². The van der Waals surface area contributed by atoms with E-state index < -0.39 is 5.72 Å². The Bertz CT molecular complexity index is 125.